The number of fused-ring (bicyclic) bond motifs is 1. The van der Waals surface area contributed by atoms with Crippen molar-refractivity contribution in [1.82, 2.24) is 10.2 Å². The Balaban J connectivity index is 0.00000147. The van der Waals surface area contributed by atoms with Gasteiger partial charge in [-0.05, 0) is 18.1 Å². The molecular weight excluding hydrogens is 367 g/mol. The Morgan fingerprint density at radius 2 is 2.15 bits per heavy atom. The Bertz CT molecular complexity index is 532. The van der Waals surface area contributed by atoms with Crippen LogP contribution in [0.3, 0.4) is 0 Å². The van der Waals surface area contributed by atoms with Crippen molar-refractivity contribution < 1.29 is 4.79 Å². The molecule has 0 saturated heterocycles. The lowest BCUT2D eigenvalue weighted by Crippen LogP contribution is -2.43. The molecule has 0 fully saturated rings. The number of aliphatic imine (C=N–C) groups is 1. The topological polar surface area (TPSA) is 47.9 Å². The molecule has 0 aromatic heterocycles. The van der Waals surface area contributed by atoms with Crippen molar-refractivity contribution >= 4 is 41.5 Å². The number of carbonyl (C=O) groups is 1. The number of halogens is 1. The first kappa shape index (κ1) is 15.1. The second-order valence-corrected chi connectivity index (χ2v) is 4.90. The number of carbonyl (C=O) groups excluding carboxylic acids is 1. The molecule has 3 rings (SSSR count). The van der Waals surface area contributed by atoms with Crippen LogP contribution >= 0.6 is 24.0 Å². The van der Waals surface area contributed by atoms with Crippen molar-refractivity contribution in [3.05, 3.63) is 29.8 Å². The lowest BCUT2D eigenvalue weighted by molar-refractivity contribution is -0.117. The summed E-state index contributed by atoms with van der Waals surface area (Å²) in [7, 11) is 1.98. The average molecular weight is 386 g/mol. The van der Waals surface area contributed by atoms with Crippen LogP contribution in [0.2, 0.25) is 0 Å². The van der Waals surface area contributed by atoms with Crippen molar-refractivity contribution in [3.63, 3.8) is 0 Å². The van der Waals surface area contributed by atoms with E-state index >= 15 is 0 Å². The van der Waals surface area contributed by atoms with Crippen molar-refractivity contribution in [2.45, 2.75) is 6.42 Å². The molecule has 0 bridgehead atoms. The Morgan fingerprint density at radius 3 is 2.90 bits per heavy atom. The first-order valence-corrected chi connectivity index (χ1v) is 6.63. The summed E-state index contributed by atoms with van der Waals surface area (Å²) in [6, 6.07) is 8.10. The van der Waals surface area contributed by atoms with E-state index in [0.29, 0.717) is 6.54 Å². The van der Waals surface area contributed by atoms with Crippen LogP contribution in [0.5, 0.6) is 0 Å². The quantitative estimate of drug-likeness (QED) is 0.775. The van der Waals surface area contributed by atoms with E-state index in [0.717, 1.165) is 37.7 Å². The van der Waals surface area contributed by atoms with Crippen LogP contribution in [0.25, 0.3) is 0 Å². The van der Waals surface area contributed by atoms with Crippen LogP contribution in [-0.4, -0.2) is 50.0 Å². The summed E-state index contributed by atoms with van der Waals surface area (Å²) in [5.74, 6) is 0.925. The van der Waals surface area contributed by atoms with Crippen LogP contribution in [0.15, 0.2) is 29.3 Å². The Kier molecular flexibility index (Phi) is 4.85. The summed E-state index contributed by atoms with van der Waals surface area (Å²) in [4.78, 5) is 20.5. The van der Waals surface area contributed by atoms with Gasteiger partial charge in [-0.25, -0.2) is 0 Å². The van der Waals surface area contributed by atoms with E-state index in [2.05, 4.69) is 16.4 Å². The summed E-state index contributed by atoms with van der Waals surface area (Å²) < 4.78 is 0. The number of likely N-dealkylation sites (N-methyl/N-ethyl adjacent to an activating group) is 1. The number of amides is 1. The SMILES string of the molecule is CN1CCN=C1NCC(=O)N1CCc2ccccc21.I. The number of guanidine groups is 1. The molecule has 0 aliphatic carbocycles. The highest BCUT2D eigenvalue weighted by atomic mass is 127. The second kappa shape index (κ2) is 6.43. The van der Waals surface area contributed by atoms with E-state index < -0.39 is 0 Å². The number of hydrogen-bond donors (Lipinski definition) is 1. The monoisotopic (exact) mass is 386 g/mol. The number of hydrogen-bond acceptors (Lipinski definition) is 4. The molecule has 6 heteroatoms. The molecule has 20 heavy (non-hydrogen) atoms. The molecule has 1 amide bonds. The smallest absolute Gasteiger partial charge is 0.246 e. The molecule has 1 N–H and O–H groups in total. The van der Waals surface area contributed by atoms with E-state index in [-0.39, 0.29) is 29.9 Å². The fraction of sp³-hybridized carbons (Fsp3) is 0.429. The standard InChI is InChI=1S/C14H18N4O.HI/c1-17-9-7-15-14(17)16-10-13(19)18-8-6-11-4-2-3-5-12(11)18;/h2-5H,6-10H2,1H3,(H,15,16);1H. The summed E-state index contributed by atoms with van der Waals surface area (Å²) in [6.07, 6.45) is 0.947. The summed E-state index contributed by atoms with van der Waals surface area (Å²) in [6.45, 7) is 2.81. The Hall–Kier alpha value is -1.31. The maximum Gasteiger partial charge on any atom is 0.246 e. The summed E-state index contributed by atoms with van der Waals surface area (Å²) >= 11 is 0. The molecule has 0 radical (unpaired) electrons. The van der Waals surface area contributed by atoms with Crippen LogP contribution in [0, 0.1) is 0 Å². The van der Waals surface area contributed by atoms with Gasteiger partial charge in [0.1, 0.15) is 0 Å². The van der Waals surface area contributed by atoms with E-state index in [9.17, 15) is 4.79 Å². The molecule has 0 saturated carbocycles. The van der Waals surface area contributed by atoms with Gasteiger partial charge in [-0.2, -0.15) is 0 Å². The molecule has 2 heterocycles. The number of para-hydroxylation sites is 1. The molecule has 0 spiro atoms. The maximum atomic E-state index is 12.3. The highest BCUT2D eigenvalue weighted by Gasteiger charge is 2.24. The van der Waals surface area contributed by atoms with Gasteiger partial charge in [0.05, 0.1) is 13.1 Å². The highest BCUT2D eigenvalue weighted by molar-refractivity contribution is 14.0. The van der Waals surface area contributed by atoms with Gasteiger partial charge in [0.15, 0.2) is 5.96 Å². The van der Waals surface area contributed by atoms with E-state index in [1.54, 1.807) is 0 Å². The number of anilines is 1. The average Bonchev–Trinajstić information content (AvgIpc) is 3.02. The van der Waals surface area contributed by atoms with Gasteiger partial charge < -0.3 is 15.1 Å². The third-order valence-electron chi connectivity index (χ3n) is 3.64. The van der Waals surface area contributed by atoms with Gasteiger partial charge in [0, 0.05) is 25.8 Å². The minimum absolute atomic E-state index is 0. The molecule has 1 aromatic carbocycles. The predicted molar refractivity (Wildman–Crippen MR) is 90.8 cm³/mol. The zero-order valence-corrected chi connectivity index (χ0v) is 13.8. The summed E-state index contributed by atoms with van der Waals surface area (Å²) in [5, 5.41) is 3.12. The summed E-state index contributed by atoms with van der Waals surface area (Å²) in [5.41, 5.74) is 2.31. The van der Waals surface area contributed by atoms with Gasteiger partial charge in [0.2, 0.25) is 5.91 Å². The van der Waals surface area contributed by atoms with Crippen molar-refractivity contribution in [2.75, 3.05) is 38.1 Å². The maximum absolute atomic E-state index is 12.3. The molecule has 1 aromatic rings. The Morgan fingerprint density at radius 1 is 1.35 bits per heavy atom. The molecule has 2 aliphatic rings. The van der Waals surface area contributed by atoms with Gasteiger partial charge in [-0.1, -0.05) is 18.2 Å². The minimum Gasteiger partial charge on any atom is -0.347 e. The van der Waals surface area contributed by atoms with Crippen molar-refractivity contribution in [2.24, 2.45) is 4.99 Å². The van der Waals surface area contributed by atoms with Gasteiger partial charge in [0.25, 0.3) is 0 Å². The van der Waals surface area contributed by atoms with Gasteiger partial charge in [-0.3, -0.25) is 9.79 Å². The molecule has 0 unspecified atom stereocenters. The molecular formula is C14H19IN4O. The van der Waals surface area contributed by atoms with Crippen LogP contribution in [-0.2, 0) is 11.2 Å². The number of nitrogens with zero attached hydrogens (tertiary/aromatic N) is 3. The molecule has 5 nitrogen and oxygen atoms in total. The zero-order chi connectivity index (χ0) is 13.2. The molecule has 0 atom stereocenters. The third kappa shape index (κ3) is 2.89. The number of benzene rings is 1. The number of rotatable bonds is 2. The first-order valence-electron chi connectivity index (χ1n) is 6.63. The normalized spacial score (nSPS) is 16.6. The lowest BCUT2D eigenvalue weighted by Gasteiger charge is -2.20. The fourth-order valence-corrected chi connectivity index (χ4v) is 2.57. The highest BCUT2D eigenvalue weighted by Crippen LogP contribution is 2.27. The largest absolute Gasteiger partial charge is 0.347 e. The molecule has 108 valence electrons. The second-order valence-electron chi connectivity index (χ2n) is 4.90. The number of nitrogens with one attached hydrogen (secondary N) is 1. The van der Waals surface area contributed by atoms with Crippen molar-refractivity contribution in [1.29, 1.82) is 0 Å². The molecule has 2 aliphatic heterocycles. The van der Waals surface area contributed by atoms with Crippen LogP contribution < -0.4 is 10.2 Å². The zero-order valence-electron chi connectivity index (χ0n) is 11.5. The lowest BCUT2D eigenvalue weighted by atomic mass is 10.2. The minimum atomic E-state index is 0. The van der Waals surface area contributed by atoms with E-state index in [4.69, 9.17) is 0 Å². The van der Waals surface area contributed by atoms with Crippen molar-refractivity contribution in [3.8, 4) is 0 Å². The third-order valence-corrected chi connectivity index (χ3v) is 3.64. The van der Waals surface area contributed by atoms with E-state index in [1.807, 2.05) is 35.0 Å². The first-order chi connectivity index (χ1) is 9.25. The Labute approximate surface area is 136 Å². The fourth-order valence-electron chi connectivity index (χ4n) is 2.57. The van der Waals surface area contributed by atoms with Crippen LogP contribution in [0.1, 0.15) is 5.56 Å². The van der Waals surface area contributed by atoms with Gasteiger partial charge in [-0.15, -0.1) is 24.0 Å². The van der Waals surface area contributed by atoms with Crippen LogP contribution in [0.4, 0.5) is 5.69 Å². The predicted octanol–water partition coefficient (Wildman–Crippen LogP) is 1.08. The van der Waals surface area contributed by atoms with Gasteiger partial charge >= 0.3 is 0 Å². The van der Waals surface area contributed by atoms with E-state index in [1.165, 1.54) is 5.56 Å².